The first kappa shape index (κ1) is 19.0. The monoisotopic (exact) mass is 345 g/mol. The lowest BCUT2D eigenvalue weighted by Gasteiger charge is -2.22. The quantitative estimate of drug-likeness (QED) is 0.668. The minimum Gasteiger partial charge on any atom is -0.383 e. The third-order valence-electron chi connectivity index (χ3n) is 3.99. The van der Waals surface area contributed by atoms with E-state index in [1.54, 1.807) is 31.0 Å². The zero-order valence-corrected chi connectivity index (χ0v) is 15.1. The van der Waals surface area contributed by atoms with Crippen LogP contribution in [-0.4, -0.2) is 52.5 Å². The van der Waals surface area contributed by atoms with Gasteiger partial charge in [0.1, 0.15) is 5.60 Å². The number of aliphatic hydroxyl groups is 1. The molecule has 7 nitrogen and oxygen atoms in total. The molecule has 2 aromatic rings. The predicted molar refractivity (Wildman–Crippen MR) is 97.0 cm³/mol. The molecule has 2 rings (SSSR count). The summed E-state index contributed by atoms with van der Waals surface area (Å²) in [6.45, 7) is 3.87. The molecule has 136 valence electrons. The largest absolute Gasteiger partial charge is 0.383 e. The van der Waals surface area contributed by atoms with Crippen LogP contribution in [0.3, 0.4) is 0 Å². The molecule has 2 amide bonds. The molecule has 0 aliphatic carbocycles. The Hall–Kier alpha value is -2.38. The molecule has 0 fully saturated rings. The Morgan fingerprint density at radius 2 is 2.04 bits per heavy atom. The number of nitrogens with zero attached hydrogens (tertiary/aromatic N) is 3. The number of aromatic nitrogens is 2. The van der Waals surface area contributed by atoms with Gasteiger partial charge in [0, 0.05) is 38.4 Å². The fourth-order valence-electron chi connectivity index (χ4n) is 2.45. The second-order valence-corrected chi connectivity index (χ2v) is 6.51. The number of amides is 2. The zero-order valence-electron chi connectivity index (χ0n) is 15.1. The Morgan fingerprint density at radius 1 is 1.32 bits per heavy atom. The molecule has 1 aromatic heterocycles. The van der Waals surface area contributed by atoms with Gasteiger partial charge in [0.15, 0.2) is 0 Å². The van der Waals surface area contributed by atoms with Crippen LogP contribution < -0.4 is 10.6 Å². The normalized spacial score (nSPS) is 13.5. The maximum Gasteiger partial charge on any atom is 0.314 e. The van der Waals surface area contributed by atoms with E-state index in [2.05, 4.69) is 32.8 Å². The number of carbonyl (C=O) groups is 1. The van der Waals surface area contributed by atoms with Gasteiger partial charge in [-0.15, -0.1) is 0 Å². The van der Waals surface area contributed by atoms with E-state index in [0.717, 1.165) is 13.1 Å². The van der Waals surface area contributed by atoms with E-state index < -0.39 is 5.60 Å². The highest BCUT2D eigenvalue weighted by atomic mass is 16.3. The molecule has 0 aliphatic rings. The van der Waals surface area contributed by atoms with Crippen LogP contribution in [0.15, 0.2) is 42.7 Å². The number of carbonyl (C=O) groups excluding carboxylic acids is 1. The van der Waals surface area contributed by atoms with Gasteiger partial charge >= 0.3 is 6.03 Å². The first-order valence-electron chi connectivity index (χ1n) is 8.32. The van der Waals surface area contributed by atoms with Crippen LogP contribution in [0.25, 0.3) is 0 Å². The molecule has 0 saturated carbocycles. The SMILES string of the molecule is CN(CCNC(=O)NC[C@@](C)(O)c1cnn(C)c1)Cc1ccccc1. The molecule has 3 N–H and O–H groups in total. The molecule has 0 unspecified atom stereocenters. The Labute approximate surface area is 148 Å². The number of hydrogen-bond acceptors (Lipinski definition) is 4. The van der Waals surface area contributed by atoms with E-state index in [1.165, 1.54) is 5.56 Å². The van der Waals surface area contributed by atoms with E-state index in [9.17, 15) is 9.90 Å². The molecule has 0 radical (unpaired) electrons. The topological polar surface area (TPSA) is 82.4 Å². The van der Waals surface area contributed by atoms with Crippen molar-refractivity contribution in [2.75, 3.05) is 26.7 Å². The highest BCUT2D eigenvalue weighted by Crippen LogP contribution is 2.18. The highest BCUT2D eigenvalue weighted by molar-refractivity contribution is 5.73. The Morgan fingerprint density at radius 3 is 2.68 bits per heavy atom. The van der Waals surface area contributed by atoms with Crippen LogP contribution in [0.1, 0.15) is 18.1 Å². The van der Waals surface area contributed by atoms with Crippen LogP contribution in [0.4, 0.5) is 4.79 Å². The van der Waals surface area contributed by atoms with Gasteiger partial charge in [0.25, 0.3) is 0 Å². The van der Waals surface area contributed by atoms with Gasteiger partial charge in [0.2, 0.25) is 0 Å². The fraction of sp³-hybridized carbons (Fsp3) is 0.444. The number of rotatable bonds is 8. The summed E-state index contributed by atoms with van der Waals surface area (Å²) in [7, 11) is 3.80. The number of hydrogen-bond donors (Lipinski definition) is 3. The van der Waals surface area contributed by atoms with E-state index in [4.69, 9.17) is 0 Å². The number of nitrogens with one attached hydrogen (secondary N) is 2. The van der Waals surface area contributed by atoms with Crippen molar-refractivity contribution >= 4 is 6.03 Å². The number of urea groups is 1. The van der Waals surface area contributed by atoms with Gasteiger partial charge in [-0.25, -0.2) is 4.79 Å². The first-order valence-corrected chi connectivity index (χ1v) is 8.32. The maximum absolute atomic E-state index is 11.9. The smallest absolute Gasteiger partial charge is 0.314 e. The first-order chi connectivity index (χ1) is 11.9. The summed E-state index contributed by atoms with van der Waals surface area (Å²) in [5.41, 5.74) is 0.746. The average molecular weight is 345 g/mol. The van der Waals surface area contributed by atoms with Crippen molar-refractivity contribution in [1.29, 1.82) is 0 Å². The number of benzene rings is 1. The minimum absolute atomic E-state index is 0.115. The Bertz CT molecular complexity index is 669. The molecular weight excluding hydrogens is 318 g/mol. The van der Waals surface area contributed by atoms with Gasteiger partial charge in [0.05, 0.1) is 12.7 Å². The zero-order chi connectivity index (χ0) is 18.3. The lowest BCUT2D eigenvalue weighted by molar-refractivity contribution is 0.0593. The summed E-state index contributed by atoms with van der Waals surface area (Å²) in [6.07, 6.45) is 3.33. The Kier molecular flexibility index (Phi) is 6.55. The van der Waals surface area contributed by atoms with Gasteiger partial charge < -0.3 is 20.6 Å². The fourth-order valence-corrected chi connectivity index (χ4v) is 2.45. The van der Waals surface area contributed by atoms with Crippen LogP contribution in [0.5, 0.6) is 0 Å². The molecule has 1 aromatic carbocycles. The molecule has 7 heteroatoms. The van der Waals surface area contributed by atoms with Crippen molar-refractivity contribution in [3.8, 4) is 0 Å². The third-order valence-corrected chi connectivity index (χ3v) is 3.99. The van der Waals surface area contributed by atoms with Crippen LogP contribution in [0.2, 0.25) is 0 Å². The summed E-state index contributed by atoms with van der Waals surface area (Å²) < 4.78 is 1.62. The van der Waals surface area contributed by atoms with Crippen molar-refractivity contribution in [2.45, 2.75) is 19.1 Å². The van der Waals surface area contributed by atoms with Crippen molar-refractivity contribution < 1.29 is 9.90 Å². The molecule has 0 spiro atoms. The summed E-state index contributed by atoms with van der Waals surface area (Å²) in [5, 5.41) is 20.0. The second kappa shape index (κ2) is 8.64. The third kappa shape index (κ3) is 6.21. The van der Waals surface area contributed by atoms with Crippen molar-refractivity contribution in [1.82, 2.24) is 25.3 Å². The standard InChI is InChI=1S/C18H27N5O2/c1-18(25,16-11-21-23(3)13-16)14-20-17(24)19-9-10-22(2)12-15-7-5-4-6-8-15/h4-8,11,13,25H,9-10,12,14H2,1-3H3,(H2,19,20,24)/t18-/m1/s1. The molecule has 0 aliphatic heterocycles. The minimum atomic E-state index is -1.16. The summed E-state index contributed by atoms with van der Waals surface area (Å²) in [4.78, 5) is 14.0. The maximum atomic E-state index is 11.9. The summed E-state index contributed by atoms with van der Waals surface area (Å²) >= 11 is 0. The average Bonchev–Trinajstić information content (AvgIpc) is 3.01. The predicted octanol–water partition coefficient (Wildman–Crippen LogP) is 1.06. The van der Waals surface area contributed by atoms with Crippen molar-refractivity contribution in [3.63, 3.8) is 0 Å². The van der Waals surface area contributed by atoms with Crippen LogP contribution in [-0.2, 0) is 19.2 Å². The number of likely N-dealkylation sites (N-methyl/N-ethyl adjacent to an activating group) is 1. The molecule has 0 saturated heterocycles. The molecule has 1 atom stereocenters. The Balaban J connectivity index is 1.67. The molecule has 0 bridgehead atoms. The van der Waals surface area contributed by atoms with E-state index in [1.807, 2.05) is 25.2 Å². The van der Waals surface area contributed by atoms with E-state index >= 15 is 0 Å². The van der Waals surface area contributed by atoms with Crippen LogP contribution >= 0.6 is 0 Å². The number of aryl methyl sites for hydroxylation is 1. The van der Waals surface area contributed by atoms with Crippen LogP contribution in [0, 0.1) is 0 Å². The lowest BCUT2D eigenvalue weighted by atomic mass is 10.00. The highest BCUT2D eigenvalue weighted by Gasteiger charge is 2.25. The van der Waals surface area contributed by atoms with E-state index in [0.29, 0.717) is 12.1 Å². The molecule has 1 heterocycles. The van der Waals surface area contributed by atoms with Gasteiger partial charge in [-0.05, 0) is 19.5 Å². The lowest BCUT2D eigenvalue weighted by Crippen LogP contribution is -2.45. The van der Waals surface area contributed by atoms with E-state index in [-0.39, 0.29) is 12.6 Å². The summed E-state index contributed by atoms with van der Waals surface area (Å²) in [6, 6.07) is 9.90. The van der Waals surface area contributed by atoms with Gasteiger partial charge in [-0.1, -0.05) is 30.3 Å². The molecule has 25 heavy (non-hydrogen) atoms. The van der Waals surface area contributed by atoms with Gasteiger partial charge in [-0.3, -0.25) is 4.68 Å². The molecular formula is C18H27N5O2. The summed E-state index contributed by atoms with van der Waals surface area (Å²) in [5.74, 6) is 0. The van der Waals surface area contributed by atoms with Gasteiger partial charge in [-0.2, -0.15) is 5.10 Å². The van der Waals surface area contributed by atoms with Crippen molar-refractivity contribution in [2.24, 2.45) is 7.05 Å². The van der Waals surface area contributed by atoms with Crippen molar-refractivity contribution in [3.05, 3.63) is 53.9 Å². The second-order valence-electron chi connectivity index (χ2n) is 6.51.